The van der Waals surface area contributed by atoms with E-state index in [4.69, 9.17) is 5.21 Å². The van der Waals surface area contributed by atoms with Gasteiger partial charge in [-0.25, -0.2) is 10.3 Å². The summed E-state index contributed by atoms with van der Waals surface area (Å²) in [7, 11) is 3.31. The van der Waals surface area contributed by atoms with Gasteiger partial charge in [0.25, 0.3) is 0 Å². The number of nitrogens with one attached hydrogen (secondary N) is 2. The Morgan fingerprint density at radius 1 is 1.33 bits per heavy atom. The van der Waals surface area contributed by atoms with Gasteiger partial charge in [-0.2, -0.15) is 0 Å². The molecule has 0 aromatic carbocycles. The van der Waals surface area contributed by atoms with E-state index in [0.29, 0.717) is 26.1 Å². The first-order valence-electron chi connectivity index (χ1n) is 8.57. The van der Waals surface area contributed by atoms with Crippen molar-refractivity contribution < 1.29 is 19.6 Å². The van der Waals surface area contributed by atoms with E-state index in [-0.39, 0.29) is 18.2 Å². The van der Waals surface area contributed by atoms with E-state index < -0.39 is 17.9 Å². The molecule has 3 N–H and O–H groups in total. The minimum atomic E-state index is -0.577. The summed E-state index contributed by atoms with van der Waals surface area (Å²) >= 11 is 0. The quantitative estimate of drug-likeness (QED) is 0.341. The van der Waals surface area contributed by atoms with Crippen molar-refractivity contribution in [3.8, 4) is 0 Å². The monoisotopic (exact) mass is 342 g/mol. The minimum absolute atomic E-state index is 0.0560. The molecule has 8 heteroatoms. The molecule has 0 saturated carbocycles. The molecule has 24 heavy (non-hydrogen) atoms. The second-order valence-electron chi connectivity index (χ2n) is 6.42. The number of carbonyl (C=O) groups is 3. The number of hydrogen-bond acceptors (Lipinski definition) is 5. The van der Waals surface area contributed by atoms with Crippen LogP contribution in [0.2, 0.25) is 0 Å². The first-order chi connectivity index (χ1) is 11.4. The molecule has 0 bridgehead atoms. The Bertz CT molecular complexity index is 442. The van der Waals surface area contributed by atoms with Crippen LogP contribution >= 0.6 is 0 Å². The van der Waals surface area contributed by atoms with Crippen molar-refractivity contribution in [2.75, 3.05) is 33.7 Å². The summed E-state index contributed by atoms with van der Waals surface area (Å²) in [4.78, 5) is 39.9. The number of ketones is 1. The van der Waals surface area contributed by atoms with Crippen molar-refractivity contribution in [1.82, 2.24) is 20.6 Å². The van der Waals surface area contributed by atoms with E-state index in [2.05, 4.69) is 12.2 Å². The Balaban J connectivity index is 2.87. The lowest BCUT2D eigenvalue weighted by molar-refractivity contribution is -0.136. The third kappa shape index (κ3) is 5.76. The predicted molar refractivity (Wildman–Crippen MR) is 89.6 cm³/mol. The molecule has 8 nitrogen and oxygen atoms in total. The standard InChI is InChI=1S/C16H30N4O4/c1-4-5-6-7-12(10-14(21)18-24)15(22)13-11-17-8-9-20(13)16(23)19(2)3/h12-13,17,24H,4-11H2,1-3H3,(H,18,21)/t12?,13-/m0/s1. The van der Waals surface area contributed by atoms with E-state index in [9.17, 15) is 14.4 Å². The fraction of sp³-hybridized carbons (Fsp3) is 0.812. The lowest BCUT2D eigenvalue weighted by Gasteiger charge is -2.38. The molecular weight excluding hydrogens is 312 g/mol. The molecule has 0 aromatic heterocycles. The summed E-state index contributed by atoms with van der Waals surface area (Å²) in [6, 6.07) is -0.777. The zero-order chi connectivity index (χ0) is 18.1. The fourth-order valence-corrected chi connectivity index (χ4v) is 2.97. The van der Waals surface area contributed by atoms with Crippen molar-refractivity contribution in [2.24, 2.45) is 5.92 Å². The fourth-order valence-electron chi connectivity index (χ4n) is 2.97. The summed E-state index contributed by atoms with van der Waals surface area (Å²) in [6.45, 7) is 3.56. The van der Waals surface area contributed by atoms with Gasteiger partial charge in [0.15, 0.2) is 5.78 Å². The van der Waals surface area contributed by atoms with Gasteiger partial charge in [0.05, 0.1) is 0 Å². The van der Waals surface area contributed by atoms with E-state index in [1.165, 1.54) is 4.90 Å². The van der Waals surface area contributed by atoms with Crippen LogP contribution in [0.1, 0.15) is 39.0 Å². The number of hydrogen-bond donors (Lipinski definition) is 3. The topological polar surface area (TPSA) is 102 Å². The molecule has 1 saturated heterocycles. The molecule has 1 fully saturated rings. The number of piperazine rings is 1. The summed E-state index contributed by atoms with van der Waals surface area (Å²) in [5.41, 5.74) is 1.60. The van der Waals surface area contributed by atoms with Crippen LogP contribution in [0.25, 0.3) is 0 Å². The van der Waals surface area contributed by atoms with Crippen LogP contribution in [0, 0.1) is 5.92 Å². The maximum Gasteiger partial charge on any atom is 0.320 e. The SMILES string of the molecule is CCCCCC(CC(=O)NO)C(=O)[C@@H]1CNCCN1C(=O)N(C)C. The van der Waals surface area contributed by atoms with Crippen LogP contribution in [0.4, 0.5) is 4.79 Å². The highest BCUT2D eigenvalue weighted by Gasteiger charge is 2.36. The average molecular weight is 342 g/mol. The minimum Gasteiger partial charge on any atom is -0.331 e. The van der Waals surface area contributed by atoms with Crippen molar-refractivity contribution in [1.29, 1.82) is 0 Å². The summed E-state index contributed by atoms with van der Waals surface area (Å²) in [5.74, 6) is -1.18. The van der Waals surface area contributed by atoms with Crippen LogP contribution in [0.3, 0.4) is 0 Å². The van der Waals surface area contributed by atoms with E-state index >= 15 is 0 Å². The number of nitrogens with zero attached hydrogens (tertiary/aromatic N) is 2. The molecule has 1 aliphatic heterocycles. The molecule has 1 unspecified atom stereocenters. The van der Waals surface area contributed by atoms with E-state index in [1.807, 2.05) is 0 Å². The largest absolute Gasteiger partial charge is 0.331 e. The second-order valence-corrected chi connectivity index (χ2v) is 6.42. The zero-order valence-electron chi connectivity index (χ0n) is 14.9. The number of amides is 3. The van der Waals surface area contributed by atoms with Gasteiger partial charge in [-0.1, -0.05) is 26.2 Å². The number of carbonyl (C=O) groups excluding carboxylic acids is 3. The molecule has 1 rings (SSSR count). The molecule has 0 spiro atoms. The molecular formula is C16H30N4O4. The lowest BCUT2D eigenvalue weighted by Crippen LogP contribution is -2.60. The number of urea groups is 1. The predicted octanol–water partition coefficient (Wildman–Crippen LogP) is 0.603. The molecule has 3 amide bonds. The van der Waals surface area contributed by atoms with E-state index in [1.54, 1.807) is 24.5 Å². The number of hydroxylamine groups is 1. The number of rotatable bonds is 8. The first-order valence-corrected chi connectivity index (χ1v) is 8.57. The van der Waals surface area contributed by atoms with Gasteiger partial charge in [0, 0.05) is 46.1 Å². The van der Waals surface area contributed by atoms with Gasteiger partial charge in [-0.3, -0.25) is 14.8 Å². The van der Waals surface area contributed by atoms with Crippen molar-refractivity contribution in [2.45, 2.75) is 45.1 Å². The Hall–Kier alpha value is -1.67. The van der Waals surface area contributed by atoms with Crippen LogP contribution in [0.5, 0.6) is 0 Å². The van der Waals surface area contributed by atoms with Gasteiger partial charge in [-0.05, 0) is 6.42 Å². The maximum atomic E-state index is 13.0. The summed E-state index contributed by atoms with van der Waals surface area (Å²) in [5, 5.41) is 11.9. The van der Waals surface area contributed by atoms with Crippen molar-refractivity contribution in [3.05, 3.63) is 0 Å². The summed E-state index contributed by atoms with van der Waals surface area (Å²) in [6.07, 6.45) is 3.37. The number of Topliss-reactive ketones (excluding diaryl/α,β-unsaturated/α-hetero) is 1. The molecule has 2 atom stereocenters. The first kappa shape index (κ1) is 20.4. The third-order valence-corrected chi connectivity index (χ3v) is 4.32. The number of unbranched alkanes of at least 4 members (excludes halogenated alkanes) is 2. The summed E-state index contributed by atoms with van der Waals surface area (Å²) < 4.78 is 0. The Morgan fingerprint density at radius 3 is 2.62 bits per heavy atom. The van der Waals surface area contributed by atoms with Gasteiger partial charge in [-0.15, -0.1) is 0 Å². The molecule has 138 valence electrons. The smallest absolute Gasteiger partial charge is 0.320 e. The highest BCUT2D eigenvalue weighted by atomic mass is 16.5. The molecule has 1 aliphatic rings. The van der Waals surface area contributed by atoms with Gasteiger partial charge < -0.3 is 15.1 Å². The van der Waals surface area contributed by atoms with E-state index in [0.717, 1.165) is 19.3 Å². The van der Waals surface area contributed by atoms with Crippen LogP contribution in [-0.4, -0.2) is 72.5 Å². The zero-order valence-corrected chi connectivity index (χ0v) is 14.9. The second kappa shape index (κ2) is 10.2. The third-order valence-electron chi connectivity index (χ3n) is 4.32. The Labute approximate surface area is 143 Å². The van der Waals surface area contributed by atoms with Gasteiger partial charge >= 0.3 is 6.03 Å². The van der Waals surface area contributed by atoms with Gasteiger partial charge in [0.2, 0.25) is 5.91 Å². The van der Waals surface area contributed by atoms with Crippen LogP contribution < -0.4 is 10.8 Å². The van der Waals surface area contributed by atoms with Gasteiger partial charge in [0.1, 0.15) is 6.04 Å². The van der Waals surface area contributed by atoms with Crippen LogP contribution in [0.15, 0.2) is 0 Å². The normalized spacial score (nSPS) is 18.8. The molecule has 0 aromatic rings. The molecule has 1 heterocycles. The molecule has 0 aliphatic carbocycles. The average Bonchev–Trinajstić information content (AvgIpc) is 2.59. The van der Waals surface area contributed by atoms with Crippen molar-refractivity contribution in [3.63, 3.8) is 0 Å². The van der Waals surface area contributed by atoms with Crippen molar-refractivity contribution >= 4 is 17.7 Å². The van der Waals surface area contributed by atoms with Crippen LogP contribution in [-0.2, 0) is 9.59 Å². The highest BCUT2D eigenvalue weighted by molar-refractivity contribution is 5.93. The molecule has 0 radical (unpaired) electrons. The lowest BCUT2D eigenvalue weighted by atomic mass is 9.88. The Kier molecular flexibility index (Phi) is 8.70. The highest BCUT2D eigenvalue weighted by Crippen LogP contribution is 2.20. The maximum absolute atomic E-state index is 13.0. The Morgan fingerprint density at radius 2 is 2.04 bits per heavy atom.